The third-order valence-corrected chi connectivity index (χ3v) is 3.94. The van der Waals surface area contributed by atoms with E-state index in [1.807, 2.05) is 24.3 Å². The van der Waals surface area contributed by atoms with Crippen molar-refractivity contribution in [3.63, 3.8) is 0 Å². The zero-order chi connectivity index (χ0) is 18.9. The molecule has 9 nitrogen and oxygen atoms in total. The number of tetrazole rings is 1. The van der Waals surface area contributed by atoms with Crippen LogP contribution in [0.4, 0.5) is 0 Å². The van der Waals surface area contributed by atoms with Gasteiger partial charge in [0.1, 0.15) is 17.6 Å². The highest BCUT2D eigenvalue weighted by Crippen LogP contribution is 2.19. The summed E-state index contributed by atoms with van der Waals surface area (Å²) in [4.78, 5) is 23.2. The van der Waals surface area contributed by atoms with Crippen molar-refractivity contribution >= 4 is 11.9 Å². The first-order chi connectivity index (χ1) is 12.5. The van der Waals surface area contributed by atoms with E-state index in [4.69, 9.17) is 9.84 Å². The van der Waals surface area contributed by atoms with Crippen molar-refractivity contribution in [3.8, 4) is 5.75 Å². The van der Waals surface area contributed by atoms with Crippen LogP contribution in [0.15, 0.2) is 24.3 Å². The molecule has 0 radical (unpaired) electrons. The van der Waals surface area contributed by atoms with E-state index in [9.17, 15) is 9.59 Å². The monoisotopic (exact) mass is 361 g/mol. The standard InChI is InChI=1S/C17H23N5O4/c1-12-19-20-21-22(12)15(11-13-6-5-7-14(10-13)26-2)17(25)18-9-4-3-8-16(23)24/h5-7,10,15H,3-4,8-9,11H2,1-2H3,(H,18,25)(H,23,24). The highest BCUT2D eigenvalue weighted by molar-refractivity contribution is 5.80. The molecule has 2 N–H and O–H groups in total. The second-order valence-electron chi connectivity index (χ2n) is 5.88. The third-order valence-electron chi connectivity index (χ3n) is 3.94. The molecule has 0 aliphatic carbocycles. The van der Waals surface area contributed by atoms with Gasteiger partial charge in [-0.1, -0.05) is 12.1 Å². The normalized spacial score (nSPS) is 11.8. The summed E-state index contributed by atoms with van der Waals surface area (Å²) < 4.78 is 6.72. The van der Waals surface area contributed by atoms with Crippen molar-refractivity contribution in [2.24, 2.45) is 0 Å². The van der Waals surface area contributed by atoms with Gasteiger partial charge in [0, 0.05) is 19.4 Å². The minimum absolute atomic E-state index is 0.0925. The van der Waals surface area contributed by atoms with Crippen LogP contribution in [0.5, 0.6) is 5.75 Å². The molecule has 0 spiro atoms. The number of carbonyl (C=O) groups is 2. The number of amides is 1. The molecule has 1 atom stereocenters. The molecule has 1 heterocycles. The van der Waals surface area contributed by atoms with Crippen molar-refractivity contribution in [3.05, 3.63) is 35.7 Å². The van der Waals surface area contributed by atoms with Gasteiger partial charge in [-0.25, -0.2) is 4.68 Å². The molecule has 2 aromatic rings. The number of nitrogens with one attached hydrogen (secondary N) is 1. The quantitative estimate of drug-likeness (QED) is 0.609. The van der Waals surface area contributed by atoms with Gasteiger partial charge in [0.2, 0.25) is 5.91 Å². The number of hydrogen-bond acceptors (Lipinski definition) is 6. The van der Waals surface area contributed by atoms with Crippen LogP contribution in [0.25, 0.3) is 0 Å². The van der Waals surface area contributed by atoms with E-state index in [1.165, 1.54) is 4.68 Å². The van der Waals surface area contributed by atoms with Crippen molar-refractivity contribution in [2.75, 3.05) is 13.7 Å². The summed E-state index contributed by atoms with van der Waals surface area (Å²) in [6.07, 6.45) is 1.61. The van der Waals surface area contributed by atoms with Gasteiger partial charge in [-0.2, -0.15) is 0 Å². The number of aryl methyl sites for hydroxylation is 1. The Hall–Kier alpha value is -2.97. The number of ether oxygens (including phenoxy) is 1. The Kier molecular flexibility index (Phi) is 7.07. The van der Waals surface area contributed by atoms with Crippen LogP contribution in [0, 0.1) is 6.92 Å². The Labute approximate surface area is 151 Å². The van der Waals surface area contributed by atoms with E-state index in [0.29, 0.717) is 37.4 Å². The molecule has 1 unspecified atom stereocenters. The van der Waals surface area contributed by atoms with Crippen molar-refractivity contribution < 1.29 is 19.4 Å². The lowest BCUT2D eigenvalue weighted by Crippen LogP contribution is -2.35. The first-order valence-corrected chi connectivity index (χ1v) is 8.38. The van der Waals surface area contributed by atoms with E-state index in [2.05, 4.69) is 20.8 Å². The van der Waals surface area contributed by atoms with Gasteiger partial charge in [0.05, 0.1) is 7.11 Å². The van der Waals surface area contributed by atoms with E-state index in [-0.39, 0.29) is 12.3 Å². The van der Waals surface area contributed by atoms with E-state index < -0.39 is 12.0 Å². The van der Waals surface area contributed by atoms with Crippen LogP contribution >= 0.6 is 0 Å². The van der Waals surface area contributed by atoms with Gasteiger partial charge in [-0.3, -0.25) is 9.59 Å². The molecule has 26 heavy (non-hydrogen) atoms. The minimum Gasteiger partial charge on any atom is -0.497 e. The number of hydrogen-bond donors (Lipinski definition) is 2. The molecule has 1 amide bonds. The number of benzene rings is 1. The first kappa shape index (κ1) is 19.4. The summed E-state index contributed by atoms with van der Waals surface area (Å²) in [6.45, 7) is 2.14. The van der Waals surface area contributed by atoms with Crippen molar-refractivity contribution in [1.82, 2.24) is 25.5 Å². The zero-order valence-electron chi connectivity index (χ0n) is 14.9. The maximum atomic E-state index is 12.7. The second kappa shape index (κ2) is 9.50. The molecular weight excluding hydrogens is 338 g/mol. The average Bonchev–Trinajstić information content (AvgIpc) is 3.04. The summed E-state index contributed by atoms with van der Waals surface area (Å²) >= 11 is 0. The largest absolute Gasteiger partial charge is 0.497 e. The average molecular weight is 361 g/mol. The Morgan fingerprint density at radius 3 is 2.81 bits per heavy atom. The van der Waals surface area contributed by atoms with E-state index in [0.717, 1.165) is 5.56 Å². The van der Waals surface area contributed by atoms with Gasteiger partial charge in [-0.05, 0) is 47.9 Å². The molecule has 1 aromatic heterocycles. The van der Waals surface area contributed by atoms with Crippen LogP contribution in [-0.2, 0) is 16.0 Å². The lowest BCUT2D eigenvalue weighted by molar-refractivity contribution is -0.137. The van der Waals surface area contributed by atoms with Gasteiger partial charge in [0.25, 0.3) is 0 Å². The van der Waals surface area contributed by atoms with Crippen LogP contribution in [0.3, 0.4) is 0 Å². The Bertz CT molecular complexity index is 746. The fraction of sp³-hybridized carbons (Fsp3) is 0.471. The predicted octanol–water partition coefficient (Wildman–Crippen LogP) is 1.15. The third kappa shape index (κ3) is 5.54. The number of carbonyl (C=O) groups excluding carboxylic acids is 1. The summed E-state index contributed by atoms with van der Waals surface area (Å²) in [5.41, 5.74) is 0.922. The highest BCUT2D eigenvalue weighted by atomic mass is 16.5. The topological polar surface area (TPSA) is 119 Å². The number of rotatable bonds is 10. The molecule has 9 heteroatoms. The maximum absolute atomic E-state index is 12.7. The van der Waals surface area contributed by atoms with Crippen molar-refractivity contribution in [1.29, 1.82) is 0 Å². The number of carboxylic acid groups (broad SMARTS) is 1. The molecule has 0 bridgehead atoms. The number of aromatic nitrogens is 4. The number of nitrogens with zero attached hydrogens (tertiary/aromatic N) is 4. The smallest absolute Gasteiger partial charge is 0.303 e. The minimum atomic E-state index is -0.837. The fourth-order valence-electron chi connectivity index (χ4n) is 2.57. The predicted molar refractivity (Wildman–Crippen MR) is 92.8 cm³/mol. The highest BCUT2D eigenvalue weighted by Gasteiger charge is 2.24. The summed E-state index contributed by atoms with van der Waals surface area (Å²) in [6, 6.07) is 6.88. The molecule has 0 saturated heterocycles. The maximum Gasteiger partial charge on any atom is 0.303 e. The molecule has 1 aromatic carbocycles. The SMILES string of the molecule is COc1cccc(CC(C(=O)NCCCCC(=O)O)n2nnnc2C)c1. The molecular formula is C17H23N5O4. The van der Waals surface area contributed by atoms with Gasteiger partial charge in [-0.15, -0.1) is 5.10 Å². The molecule has 2 rings (SSSR count). The number of aliphatic carboxylic acids is 1. The summed E-state index contributed by atoms with van der Waals surface area (Å²) in [7, 11) is 1.59. The van der Waals surface area contributed by atoms with Crippen LogP contribution in [0.1, 0.15) is 36.7 Å². The molecule has 0 aliphatic rings. The number of methoxy groups -OCH3 is 1. The summed E-state index contributed by atoms with van der Waals surface area (Å²) in [5.74, 6) is 0.206. The number of carboxylic acids is 1. The van der Waals surface area contributed by atoms with Crippen LogP contribution < -0.4 is 10.1 Å². The number of unbranched alkanes of at least 4 members (excludes halogenated alkanes) is 1. The molecule has 0 saturated carbocycles. The van der Waals surface area contributed by atoms with Crippen molar-refractivity contribution in [2.45, 2.75) is 38.6 Å². The van der Waals surface area contributed by atoms with Crippen LogP contribution in [0.2, 0.25) is 0 Å². The molecule has 0 fully saturated rings. The second-order valence-corrected chi connectivity index (χ2v) is 5.88. The van der Waals surface area contributed by atoms with E-state index >= 15 is 0 Å². The van der Waals surface area contributed by atoms with Gasteiger partial charge in [0.15, 0.2) is 0 Å². The Balaban J connectivity index is 2.05. The van der Waals surface area contributed by atoms with Crippen LogP contribution in [-0.4, -0.2) is 50.8 Å². The van der Waals surface area contributed by atoms with Gasteiger partial charge >= 0.3 is 5.97 Å². The van der Waals surface area contributed by atoms with Gasteiger partial charge < -0.3 is 15.2 Å². The molecule has 140 valence electrons. The first-order valence-electron chi connectivity index (χ1n) is 8.38. The molecule has 0 aliphatic heterocycles. The zero-order valence-corrected chi connectivity index (χ0v) is 14.9. The Morgan fingerprint density at radius 1 is 1.35 bits per heavy atom. The lowest BCUT2D eigenvalue weighted by Gasteiger charge is -2.18. The lowest BCUT2D eigenvalue weighted by atomic mass is 10.0. The Morgan fingerprint density at radius 2 is 2.15 bits per heavy atom. The fourth-order valence-corrected chi connectivity index (χ4v) is 2.57. The van der Waals surface area contributed by atoms with E-state index in [1.54, 1.807) is 14.0 Å². The summed E-state index contributed by atoms with van der Waals surface area (Å²) in [5, 5.41) is 22.9.